The van der Waals surface area contributed by atoms with Gasteiger partial charge in [-0.3, -0.25) is 9.79 Å². The molecule has 178 valence electrons. The third-order valence-corrected chi connectivity index (χ3v) is 6.11. The Morgan fingerprint density at radius 1 is 1.21 bits per heavy atom. The zero-order chi connectivity index (χ0) is 24.0. The Hall–Kier alpha value is -2.73. The maximum absolute atomic E-state index is 13.6. The van der Waals surface area contributed by atoms with Crippen molar-refractivity contribution in [1.82, 2.24) is 5.32 Å². The largest absolute Gasteiger partial charge is 0.392 e. The normalized spacial score (nSPS) is 17.7. The Kier molecular flexibility index (Phi) is 8.61. The van der Waals surface area contributed by atoms with Crippen LogP contribution in [0.4, 0.5) is 10.1 Å². The number of benzene rings is 2. The van der Waals surface area contributed by atoms with Gasteiger partial charge in [0.15, 0.2) is 0 Å². The first kappa shape index (κ1) is 24.9. The van der Waals surface area contributed by atoms with Crippen LogP contribution >= 0.6 is 0 Å². The van der Waals surface area contributed by atoms with E-state index in [1.807, 2.05) is 31.3 Å². The number of carbonyl (C=O) groups excluding carboxylic acids is 1. The molecule has 1 amide bonds. The number of halogens is 1. The van der Waals surface area contributed by atoms with E-state index < -0.39 is 18.2 Å². The van der Waals surface area contributed by atoms with E-state index in [1.165, 1.54) is 12.1 Å². The number of nitrogens with one attached hydrogen (secondary N) is 1. The number of fused-ring (bicyclic) bond motifs is 1. The van der Waals surface area contributed by atoms with Crippen LogP contribution in [0.2, 0.25) is 0 Å². The number of unbranched alkanes of at least 4 members (excludes halogenated alkanes) is 1. The number of carbonyl (C=O) groups is 1. The molecule has 1 heterocycles. The van der Waals surface area contributed by atoms with Crippen molar-refractivity contribution < 1.29 is 14.3 Å². The highest BCUT2D eigenvalue weighted by Crippen LogP contribution is 2.27. The number of hydrogen-bond donors (Lipinski definition) is 2. The minimum absolute atomic E-state index is 0.168. The second-order valence-electron chi connectivity index (χ2n) is 9.35. The van der Waals surface area contributed by atoms with E-state index in [4.69, 9.17) is 4.99 Å². The van der Waals surface area contributed by atoms with Crippen LogP contribution in [0, 0.1) is 17.7 Å². The molecular weight excluding hydrogens is 417 g/mol. The number of likely N-dealkylation sites (N-methyl/N-ethyl adjacent to an activating group) is 1. The molecule has 6 heteroatoms. The van der Waals surface area contributed by atoms with Gasteiger partial charge in [0.1, 0.15) is 12.0 Å². The number of aliphatic imine (C=N–C) groups is 1. The summed E-state index contributed by atoms with van der Waals surface area (Å²) in [6.45, 7) is 6.70. The van der Waals surface area contributed by atoms with Crippen molar-refractivity contribution in [3.05, 3.63) is 65.5 Å². The molecule has 0 fully saturated rings. The summed E-state index contributed by atoms with van der Waals surface area (Å²) in [5.74, 6) is -0.659. The predicted molar refractivity (Wildman–Crippen MR) is 132 cm³/mol. The summed E-state index contributed by atoms with van der Waals surface area (Å²) >= 11 is 0. The van der Waals surface area contributed by atoms with Gasteiger partial charge in [-0.1, -0.05) is 51.8 Å². The molecule has 0 spiro atoms. The number of amides is 1. The summed E-state index contributed by atoms with van der Waals surface area (Å²) in [7, 11) is 1.98. The molecule has 1 aliphatic heterocycles. The summed E-state index contributed by atoms with van der Waals surface area (Å²) in [4.78, 5) is 20.3. The lowest BCUT2D eigenvalue weighted by Crippen LogP contribution is -2.46. The van der Waals surface area contributed by atoms with Gasteiger partial charge in [0.2, 0.25) is 5.91 Å². The molecule has 5 nitrogen and oxygen atoms in total. The Morgan fingerprint density at radius 2 is 1.91 bits per heavy atom. The lowest BCUT2D eigenvalue weighted by molar-refractivity contribution is -0.130. The van der Waals surface area contributed by atoms with Crippen LogP contribution in [0.3, 0.4) is 0 Å². The molecule has 3 rings (SSSR count). The van der Waals surface area contributed by atoms with Crippen LogP contribution in [0.25, 0.3) is 0 Å². The standard InChI is InChI=1S/C27H36FN3O2/c1-5-6-11-24(32)22(16-18(2)3)27(33)30-25-17-31(4)23-10-8-7-9-21(23)26(29-25)19-12-14-20(28)15-13-19/h7-10,12-15,18,22,24-25,32H,5-6,11,16-17H2,1-4H3,(H,30,33). The number of aliphatic hydroxyl groups excluding tert-OH is 1. The molecule has 2 aromatic carbocycles. The van der Waals surface area contributed by atoms with E-state index in [9.17, 15) is 14.3 Å². The van der Waals surface area contributed by atoms with Crippen LogP contribution < -0.4 is 10.2 Å². The highest BCUT2D eigenvalue weighted by atomic mass is 19.1. The van der Waals surface area contributed by atoms with Crippen molar-refractivity contribution in [3.63, 3.8) is 0 Å². The number of anilines is 1. The maximum Gasteiger partial charge on any atom is 0.227 e. The van der Waals surface area contributed by atoms with Crippen molar-refractivity contribution in [2.45, 2.75) is 58.7 Å². The first-order valence-corrected chi connectivity index (χ1v) is 11.9. The third-order valence-electron chi connectivity index (χ3n) is 6.11. The van der Waals surface area contributed by atoms with Crippen molar-refractivity contribution >= 4 is 17.3 Å². The van der Waals surface area contributed by atoms with Gasteiger partial charge >= 0.3 is 0 Å². The van der Waals surface area contributed by atoms with Gasteiger partial charge in [-0.2, -0.15) is 0 Å². The second-order valence-corrected chi connectivity index (χ2v) is 9.35. The number of para-hydroxylation sites is 1. The van der Waals surface area contributed by atoms with Crippen LogP contribution in [-0.4, -0.2) is 42.6 Å². The van der Waals surface area contributed by atoms with Gasteiger partial charge in [-0.25, -0.2) is 4.39 Å². The highest BCUT2D eigenvalue weighted by Gasteiger charge is 2.30. The molecule has 0 bridgehead atoms. The van der Waals surface area contributed by atoms with E-state index in [0.717, 1.165) is 29.7 Å². The smallest absolute Gasteiger partial charge is 0.227 e. The van der Waals surface area contributed by atoms with Gasteiger partial charge in [-0.05, 0) is 49.1 Å². The van der Waals surface area contributed by atoms with E-state index in [1.54, 1.807) is 12.1 Å². The Bertz CT molecular complexity index is 958. The first-order chi connectivity index (χ1) is 15.8. The van der Waals surface area contributed by atoms with Crippen molar-refractivity contribution in [1.29, 1.82) is 0 Å². The van der Waals surface area contributed by atoms with Crippen molar-refractivity contribution in [2.75, 3.05) is 18.5 Å². The van der Waals surface area contributed by atoms with E-state index in [2.05, 4.69) is 31.0 Å². The molecule has 3 atom stereocenters. The molecule has 33 heavy (non-hydrogen) atoms. The lowest BCUT2D eigenvalue weighted by atomic mass is 9.88. The summed E-state index contributed by atoms with van der Waals surface area (Å²) in [5, 5.41) is 13.8. The minimum atomic E-state index is -0.673. The fourth-order valence-electron chi connectivity index (χ4n) is 4.38. The molecule has 0 saturated carbocycles. The number of benzodiazepines with no additional fused rings is 1. The molecule has 0 saturated heterocycles. The molecule has 2 aromatic rings. The van der Waals surface area contributed by atoms with Crippen LogP contribution in [0.1, 0.15) is 57.6 Å². The summed E-state index contributed by atoms with van der Waals surface area (Å²) in [6.07, 6.45) is 1.92. The van der Waals surface area contributed by atoms with Gasteiger partial charge in [0, 0.05) is 23.9 Å². The number of rotatable bonds is 9. The summed E-state index contributed by atoms with van der Waals surface area (Å²) in [6, 6.07) is 14.2. The zero-order valence-electron chi connectivity index (χ0n) is 20.1. The van der Waals surface area contributed by atoms with E-state index in [-0.39, 0.29) is 17.6 Å². The van der Waals surface area contributed by atoms with Gasteiger partial charge < -0.3 is 15.3 Å². The van der Waals surface area contributed by atoms with E-state index in [0.29, 0.717) is 25.1 Å². The van der Waals surface area contributed by atoms with Gasteiger partial charge in [0.25, 0.3) is 0 Å². The number of nitrogens with zero attached hydrogens (tertiary/aromatic N) is 2. The molecule has 0 aromatic heterocycles. The quantitative estimate of drug-likeness (QED) is 0.575. The Labute approximate surface area is 196 Å². The lowest BCUT2D eigenvalue weighted by Gasteiger charge is -2.27. The fourth-order valence-corrected chi connectivity index (χ4v) is 4.38. The second kappa shape index (κ2) is 11.4. The van der Waals surface area contributed by atoms with Gasteiger partial charge in [-0.15, -0.1) is 0 Å². The number of aliphatic hydroxyl groups is 1. The third kappa shape index (κ3) is 6.41. The predicted octanol–water partition coefficient (Wildman–Crippen LogP) is 4.77. The molecular formula is C27H36FN3O2. The Balaban J connectivity index is 1.92. The maximum atomic E-state index is 13.6. The van der Waals surface area contributed by atoms with Crippen molar-refractivity contribution in [2.24, 2.45) is 16.8 Å². The van der Waals surface area contributed by atoms with Crippen LogP contribution in [-0.2, 0) is 4.79 Å². The molecule has 0 radical (unpaired) electrons. The Morgan fingerprint density at radius 3 is 2.58 bits per heavy atom. The molecule has 2 N–H and O–H groups in total. The van der Waals surface area contributed by atoms with Crippen LogP contribution in [0.5, 0.6) is 0 Å². The van der Waals surface area contributed by atoms with E-state index >= 15 is 0 Å². The average Bonchev–Trinajstić information content (AvgIpc) is 2.92. The first-order valence-electron chi connectivity index (χ1n) is 11.9. The molecule has 0 aliphatic carbocycles. The average molecular weight is 454 g/mol. The number of hydrogen-bond acceptors (Lipinski definition) is 4. The minimum Gasteiger partial charge on any atom is -0.392 e. The van der Waals surface area contributed by atoms with Gasteiger partial charge in [0.05, 0.1) is 24.3 Å². The summed E-state index contributed by atoms with van der Waals surface area (Å²) < 4.78 is 13.6. The summed E-state index contributed by atoms with van der Waals surface area (Å²) in [5.41, 5.74) is 3.44. The monoisotopic (exact) mass is 453 g/mol. The zero-order valence-corrected chi connectivity index (χ0v) is 20.1. The fraction of sp³-hybridized carbons (Fsp3) is 0.481. The van der Waals surface area contributed by atoms with Crippen LogP contribution in [0.15, 0.2) is 53.5 Å². The topological polar surface area (TPSA) is 64.9 Å². The molecule has 3 unspecified atom stereocenters. The SMILES string of the molecule is CCCCC(O)C(CC(C)C)C(=O)NC1CN(C)c2ccccc2C(c2ccc(F)cc2)=N1. The van der Waals surface area contributed by atoms with Crippen molar-refractivity contribution in [3.8, 4) is 0 Å². The highest BCUT2D eigenvalue weighted by molar-refractivity contribution is 6.16. The molecule has 1 aliphatic rings.